The number of rotatable bonds is 7. The van der Waals surface area contributed by atoms with E-state index in [1.54, 1.807) is 7.11 Å². The quantitative estimate of drug-likeness (QED) is 0.523. The van der Waals surface area contributed by atoms with Crippen molar-refractivity contribution >= 4 is 6.29 Å². The second-order valence-corrected chi connectivity index (χ2v) is 3.77. The molecular weight excluding hydrogens is 204 g/mol. The zero-order chi connectivity index (χ0) is 11.8. The summed E-state index contributed by atoms with van der Waals surface area (Å²) in [5.41, 5.74) is 1.07. The Labute approximate surface area is 96.4 Å². The van der Waals surface area contributed by atoms with Crippen LogP contribution in [0.1, 0.15) is 12.5 Å². The van der Waals surface area contributed by atoms with Crippen molar-refractivity contribution in [2.45, 2.75) is 13.3 Å². The molecule has 1 aromatic carbocycles. The SMILES string of the molecule is COCCOc1ccccc1CC(C)C=O. The number of aldehydes is 1. The molecule has 0 spiro atoms. The predicted octanol–water partition coefficient (Wildman–Crippen LogP) is 2.09. The Hall–Kier alpha value is -1.35. The summed E-state index contributed by atoms with van der Waals surface area (Å²) in [6.07, 6.45) is 1.68. The van der Waals surface area contributed by atoms with Gasteiger partial charge in [0.15, 0.2) is 0 Å². The Morgan fingerprint density at radius 3 is 2.75 bits per heavy atom. The van der Waals surface area contributed by atoms with Gasteiger partial charge in [0.05, 0.1) is 6.61 Å². The summed E-state index contributed by atoms with van der Waals surface area (Å²) in [7, 11) is 1.64. The van der Waals surface area contributed by atoms with Crippen molar-refractivity contribution in [2.24, 2.45) is 5.92 Å². The molecule has 0 heterocycles. The summed E-state index contributed by atoms with van der Waals surface area (Å²) in [4.78, 5) is 10.6. The van der Waals surface area contributed by atoms with Crippen molar-refractivity contribution in [2.75, 3.05) is 20.3 Å². The lowest BCUT2D eigenvalue weighted by atomic mass is 10.0. The fraction of sp³-hybridized carbons (Fsp3) is 0.462. The topological polar surface area (TPSA) is 35.5 Å². The summed E-state index contributed by atoms with van der Waals surface area (Å²) >= 11 is 0. The Bertz CT molecular complexity index is 323. The average Bonchev–Trinajstić information content (AvgIpc) is 2.31. The predicted molar refractivity (Wildman–Crippen MR) is 62.7 cm³/mol. The van der Waals surface area contributed by atoms with Gasteiger partial charge in [-0.3, -0.25) is 0 Å². The first kappa shape index (κ1) is 12.7. The lowest BCUT2D eigenvalue weighted by Crippen LogP contribution is -2.08. The van der Waals surface area contributed by atoms with Gasteiger partial charge in [-0.2, -0.15) is 0 Å². The minimum absolute atomic E-state index is 0.0205. The van der Waals surface area contributed by atoms with Gasteiger partial charge in [0.2, 0.25) is 0 Å². The van der Waals surface area contributed by atoms with Gasteiger partial charge in [0, 0.05) is 13.0 Å². The van der Waals surface area contributed by atoms with E-state index in [2.05, 4.69) is 0 Å². The second kappa shape index (κ2) is 7.01. The maximum atomic E-state index is 10.6. The molecule has 0 saturated carbocycles. The summed E-state index contributed by atoms with van der Waals surface area (Å²) in [5, 5.41) is 0. The molecule has 0 saturated heterocycles. The number of benzene rings is 1. The zero-order valence-electron chi connectivity index (χ0n) is 9.81. The molecule has 0 fully saturated rings. The van der Waals surface area contributed by atoms with Crippen LogP contribution in [0.4, 0.5) is 0 Å². The van der Waals surface area contributed by atoms with Gasteiger partial charge in [-0.1, -0.05) is 25.1 Å². The third-order valence-corrected chi connectivity index (χ3v) is 2.29. The largest absolute Gasteiger partial charge is 0.491 e. The third-order valence-electron chi connectivity index (χ3n) is 2.29. The van der Waals surface area contributed by atoms with Crippen LogP contribution in [-0.2, 0) is 16.0 Å². The summed E-state index contributed by atoms with van der Waals surface area (Å²) in [6, 6.07) is 7.79. The minimum Gasteiger partial charge on any atom is -0.491 e. The first-order valence-corrected chi connectivity index (χ1v) is 5.43. The van der Waals surface area contributed by atoms with Crippen LogP contribution in [0.5, 0.6) is 5.75 Å². The average molecular weight is 222 g/mol. The molecule has 0 aliphatic rings. The van der Waals surface area contributed by atoms with Gasteiger partial charge in [-0.15, -0.1) is 0 Å². The van der Waals surface area contributed by atoms with E-state index in [0.29, 0.717) is 19.6 Å². The molecule has 0 aliphatic carbocycles. The Kier molecular flexibility index (Phi) is 5.57. The molecule has 0 aliphatic heterocycles. The van der Waals surface area contributed by atoms with Gasteiger partial charge in [-0.25, -0.2) is 0 Å². The van der Waals surface area contributed by atoms with Gasteiger partial charge in [-0.05, 0) is 18.1 Å². The summed E-state index contributed by atoms with van der Waals surface area (Å²) in [5.74, 6) is 0.862. The fourth-order valence-corrected chi connectivity index (χ4v) is 1.44. The normalized spacial score (nSPS) is 12.1. The highest BCUT2D eigenvalue weighted by molar-refractivity contribution is 5.54. The molecule has 0 radical (unpaired) electrons. The standard InChI is InChI=1S/C13H18O3/c1-11(10-14)9-12-5-3-4-6-13(12)16-8-7-15-2/h3-6,10-11H,7-9H2,1-2H3. The molecule has 1 atom stereocenters. The highest BCUT2D eigenvalue weighted by Gasteiger charge is 2.07. The first-order chi connectivity index (χ1) is 7.77. The number of para-hydroxylation sites is 1. The lowest BCUT2D eigenvalue weighted by Gasteiger charge is -2.12. The van der Waals surface area contributed by atoms with E-state index in [0.717, 1.165) is 17.6 Å². The van der Waals surface area contributed by atoms with Gasteiger partial charge >= 0.3 is 0 Å². The summed E-state index contributed by atoms with van der Waals surface area (Å²) in [6.45, 7) is 3.00. The second-order valence-electron chi connectivity index (χ2n) is 3.77. The Morgan fingerprint density at radius 2 is 2.06 bits per heavy atom. The van der Waals surface area contributed by atoms with E-state index < -0.39 is 0 Å². The van der Waals surface area contributed by atoms with Gasteiger partial charge in [0.1, 0.15) is 18.6 Å². The van der Waals surface area contributed by atoms with Crippen molar-refractivity contribution in [1.82, 2.24) is 0 Å². The highest BCUT2D eigenvalue weighted by Crippen LogP contribution is 2.20. The smallest absolute Gasteiger partial charge is 0.123 e. The van der Waals surface area contributed by atoms with E-state index in [1.165, 1.54) is 0 Å². The maximum Gasteiger partial charge on any atom is 0.123 e. The van der Waals surface area contributed by atoms with E-state index in [4.69, 9.17) is 9.47 Å². The number of ether oxygens (including phenoxy) is 2. The van der Waals surface area contributed by atoms with Crippen LogP contribution in [0, 0.1) is 5.92 Å². The van der Waals surface area contributed by atoms with Crippen LogP contribution in [0.3, 0.4) is 0 Å². The number of hydrogen-bond donors (Lipinski definition) is 0. The molecular formula is C13H18O3. The van der Waals surface area contributed by atoms with Crippen LogP contribution in [0.2, 0.25) is 0 Å². The van der Waals surface area contributed by atoms with Crippen LogP contribution in [0.25, 0.3) is 0 Å². The number of carbonyl (C=O) groups is 1. The molecule has 88 valence electrons. The molecule has 1 unspecified atom stereocenters. The van der Waals surface area contributed by atoms with Gasteiger partial charge < -0.3 is 14.3 Å². The molecule has 0 amide bonds. The molecule has 1 rings (SSSR count). The Morgan fingerprint density at radius 1 is 1.31 bits per heavy atom. The number of carbonyl (C=O) groups excluding carboxylic acids is 1. The van der Waals surface area contributed by atoms with Crippen LogP contribution < -0.4 is 4.74 Å². The minimum atomic E-state index is 0.0205. The molecule has 0 aromatic heterocycles. The van der Waals surface area contributed by atoms with Crippen molar-refractivity contribution in [1.29, 1.82) is 0 Å². The van der Waals surface area contributed by atoms with E-state index in [9.17, 15) is 4.79 Å². The number of hydrogen-bond acceptors (Lipinski definition) is 3. The molecule has 1 aromatic rings. The number of methoxy groups -OCH3 is 1. The van der Waals surface area contributed by atoms with E-state index in [1.807, 2.05) is 31.2 Å². The van der Waals surface area contributed by atoms with Crippen LogP contribution in [0.15, 0.2) is 24.3 Å². The van der Waals surface area contributed by atoms with E-state index >= 15 is 0 Å². The van der Waals surface area contributed by atoms with Gasteiger partial charge in [0.25, 0.3) is 0 Å². The molecule has 3 nitrogen and oxygen atoms in total. The highest BCUT2D eigenvalue weighted by atomic mass is 16.5. The Balaban J connectivity index is 2.63. The monoisotopic (exact) mass is 222 g/mol. The molecule has 0 N–H and O–H groups in total. The molecule has 16 heavy (non-hydrogen) atoms. The summed E-state index contributed by atoms with van der Waals surface area (Å²) < 4.78 is 10.5. The molecule has 0 bridgehead atoms. The van der Waals surface area contributed by atoms with Crippen molar-refractivity contribution in [3.8, 4) is 5.75 Å². The van der Waals surface area contributed by atoms with Crippen molar-refractivity contribution in [3.05, 3.63) is 29.8 Å². The lowest BCUT2D eigenvalue weighted by molar-refractivity contribution is -0.110. The zero-order valence-corrected chi connectivity index (χ0v) is 9.81. The fourth-order valence-electron chi connectivity index (χ4n) is 1.44. The van der Waals surface area contributed by atoms with Crippen molar-refractivity contribution in [3.63, 3.8) is 0 Å². The van der Waals surface area contributed by atoms with Crippen LogP contribution in [-0.4, -0.2) is 26.6 Å². The molecule has 3 heteroatoms. The van der Waals surface area contributed by atoms with E-state index in [-0.39, 0.29) is 5.92 Å². The van der Waals surface area contributed by atoms with Crippen molar-refractivity contribution < 1.29 is 14.3 Å². The first-order valence-electron chi connectivity index (χ1n) is 5.43. The third kappa shape index (κ3) is 4.03. The maximum absolute atomic E-state index is 10.6. The van der Waals surface area contributed by atoms with Crippen LogP contribution >= 0.6 is 0 Å².